The van der Waals surface area contributed by atoms with Crippen LogP contribution >= 0.6 is 23.2 Å². The Hall–Kier alpha value is -5.26. The molecule has 44 heavy (non-hydrogen) atoms. The average molecular weight is 627 g/mol. The molecule has 6 rings (SSSR count). The quantitative estimate of drug-likeness (QED) is 0.159. The van der Waals surface area contributed by atoms with Gasteiger partial charge >= 0.3 is 6.09 Å². The lowest BCUT2D eigenvalue weighted by Crippen LogP contribution is -2.36. The van der Waals surface area contributed by atoms with Crippen LogP contribution in [-0.4, -0.2) is 43.2 Å². The summed E-state index contributed by atoms with van der Waals surface area (Å²) >= 11 is 12.5. The number of aromatic nitrogens is 7. The molecule has 3 aromatic heterocycles. The summed E-state index contributed by atoms with van der Waals surface area (Å²) in [7, 11) is 1.31. The second-order valence-electron chi connectivity index (χ2n) is 9.83. The number of ether oxygens (including phenoxy) is 1. The summed E-state index contributed by atoms with van der Waals surface area (Å²) < 4.78 is 8.80. The monoisotopic (exact) mass is 626 g/mol. The van der Waals surface area contributed by atoms with Gasteiger partial charge in [0.25, 0.3) is 0 Å². The van der Waals surface area contributed by atoms with Crippen LogP contribution in [0, 0.1) is 5.21 Å². The van der Waals surface area contributed by atoms with Crippen LogP contribution in [0.2, 0.25) is 10.0 Å². The first-order valence-electron chi connectivity index (χ1n) is 13.4. The highest BCUT2D eigenvalue weighted by Gasteiger charge is 2.25. The SMILES string of the molecule is COC(=O)Nc1ccc(-c2cnn(C(Cc3ccc(Cl)cc3)c3ccc(-c4cc(Cl)ccc4-n4cnnn4)c[n+]3[O-])c2)cc1. The summed E-state index contributed by atoms with van der Waals surface area (Å²) in [5, 5.41) is 33.6. The zero-order valence-corrected chi connectivity index (χ0v) is 24.7. The lowest BCUT2D eigenvalue weighted by molar-refractivity contribution is -0.615. The molecule has 220 valence electrons. The van der Waals surface area contributed by atoms with Gasteiger partial charge in [-0.2, -0.15) is 14.5 Å². The van der Waals surface area contributed by atoms with Crippen LogP contribution in [0.25, 0.3) is 27.9 Å². The molecule has 0 spiro atoms. The van der Waals surface area contributed by atoms with E-state index in [9.17, 15) is 10.0 Å². The van der Waals surface area contributed by atoms with Gasteiger partial charge < -0.3 is 9.94 Å². The lowest BCUT2D eigenvalue weighted by Gasteiger charge is -2.18. The van der Waals surface area contributed by atoms with Crippen LogP contribution < -0.4 is 10.0 Å². The van der Waals surface area contributed by atoms with Gasteiger partial charge in [0.2, 0.25) is 5.69 Å². The lowest BCUT2D eigenvalue weighted by atomic mass is 10.0. The number of hydrogen-bond acceptors (Lipinski definition) is 7. The molecule has 0 bridgehead atoms. The molecule has 0 fully saturated rings. The van der Waals surface area contributed by atoms with Gasteiger partial charge in [-0.15, -0.1) is 5.10 Å². The Balaban J connectivity index is 1.36. The normalized spacial score (nSPS) is 11.7. The minimum absolute atomic E-state index is 0.449. The first-order chi connectivity index (χ1) is 21.4. The number of carbonyl (C=O) groups excluding carboxylic acids is 1. The van der Waals surface area contributed by atoms with Gasteiger partial charge in [-0.05, 0) is 70.1 Å². The van der Waals surface area contributed by atoms with Crippen molar-refractivity contribution in [3.8, 4) is 27.9 Å². The van der Waals surface area contributed by atoms with Gasteiger partial charge in [-0.1, -0.05) is 47.5 Å². The molecule has 0 saturated carbocycles. The minimum Gasteiger partial charge on any atom is -0.618 e. The maximum absolute atomic E-state index is 13.7. The highest BCUT2D eigenvalue weighted by molar-refractivity contribution is 6.31. The molecule has 1 atom stereocenters. The molecule has 3 heterocycles. The number of methoxy groups -OCH3 is 1. The maximum Gasteiger partial charge on any atom is 0.411 e. The van der Waals surface area contributed by atoms with Crippen molar-refractivity contribution in [1.82, 2.24) is 30.0 Å². The maximum atomic E-state index is 13.7. The average Bonchev–Trinajstić information content (AvgIpc) is 3.75. The molecular weight excluding hydrogens is 603 g/mol. The molecular formula is C31H24Cl2N8O3. The molecule has 1 N–H and O–H groups in total. The number of amides is 1. The number of nitrogens with zero attached hydrogens (tertiary/aromatic N) is 7. The van der Waals surface area contributed by atoms with E-state index in [1.54, 1.807) is 47.3 Å². The van der Waals surface area contributed by atoms with E-state index in [0.717, 1.165) is 21.4 Å². The summed E-state index contributed by atoms with van der Waals surface area (Å²) in [6, 6.07) is 23.3. The second-order valence-corrected chi connectivity index (χ2v) is 10.7. The fourth-order valence-corrected chi connectivity index (χ4v) is 5.17. The summed E-state index contributed by atoms with van der Waals surface area (Å²) in [6.45, 7) is 0. The van der Waals surface area contributed by atoms with E-state index in [1.807, 2.05) is 48.7 Å². The number of nitrogens with one attached hydrogen (secondary N) is 1. The fourth-order valence-electron chi connectivity index (χ4n) is 4.87. The number of benzene rings is 3. The third-order valence-electron chi connectivity index (χ3n) is 7.06. The van der Waals surface area contributed by atoms with Crippen LogP contribution in [0.3, 0.4) is 0 Å². The predicted molar refractivity (Wildman–Crippen MR) is 166 cm³/mol. The summed E-state index contributed by atoms with van der Waals surface area (Å²) in [5.41, 5.74) is 5.81. The molecule has 0 aliphatic rings. The molecule has 13 heteroatoms. The number of carbonyl (C=O) groups is 1. The molecule has 0 saturated heterocycles. The van der Waals surface area contributed by atoms with E-state index in [4.69, 9.17) is 23.2 Å². The van der Waals surface area contributed by atoms with E-state index in [0.29, 0.717) is 44.7 Å². The summed E-state index contributed by atoms with van der Waals surface area (Å²) in [5.74, 6) is 0. The Kier molecular flexibility index (Phi) is 8.22. The van der Waals surface area contributed by atoms with Gasteiger partial charge in [0.1, 0.15) is 12.4 Å². The Labute approximate surface area is 261 Å². The van der Waals surface area contributed by atoms with Crippen molar-refractivity contribution in [3.05, 3.63) is 130 Å². The number of anilines is 1. The molecule has 6 aromatic rings. The van der Waals surface area contributed by atoms with Crippen molar-refractivity contribution in [2.24, 2.45) is 0 Å². The summed E-state index contributed by atoms with van der Waals surface area (Å²) in [4.78, 5) is 11.5. The third kappa shape index (κ3) is 6.24. The number of halogens is 2. The van der Waals surface area contributed by atoms with Crippen molar-refractivity contribution < 1.29 is 14.3 Å². The summed E-state index contributed by atoms with van der Waals surface area (Å²) in [6.07, 6.45) is 6.56. The smallest absolute Gasteiger partial charge is 0.411 e. The van der Waals surface area contributed by atoms with Gasteiger partial charge in [-0.25, -0.2) is 4.79 Å². The Morgan fingerprint density at radius 1 is 0.977 bits per heavy atom. The van der Waals surface area contributed by atoms with E-state index in [-0.39, 0.29) is 0 Å². The van der Waals surface area contributed by atoms with Crippen LogP contribution in [0.1, 0.15) is 17.3 Å². The Morgan fingerprint density at radius 3 is 2.43 bits per heavy atom. The van der Waals surface area contributed by atoms with Gasteiger partial charge in [0.15, 0.2) is 6.20 Å². The number of rotatable bonds is 8. The van der Waals surface area contributed by atoms with E-state index < -0.39 is 12.1 Å². The highest BCUT2D eigenvalue weighted by atomic mass is 35.5. The second kappa shape index (κ2) is 12.5. The zero-order chi connectivity index (χ0) is 30.6. The Bertz CT molecular complexity index is 1910. The number of pyridine rings is 1. The van der Waals surface area contributed by atoms with Gasteiger partial charge in [0, 0.05) is 51.1 Å². The molecule has 3 aromatic carbocycles. The van der Waals surface area contributed by atoms with Crippen molar-refractivity contribution in [2.75, 3.05) is 12.4 Å². The largest absolute Gasteiger partial charge is 0.618 e. The molecule has 1 unspecified atom stereocenters. The zero-order valence-electron chi connectivity index (χ0n) is 23.2. The molecule has 0 radical (unpaired) electrons. The standard InChI is InChI=1S/C31H24Cl2N8O3/c1-44-31(42)36-26-10-4-21(5-11-26)23-16-35-39(17-23)30(14-20-2-7-24(32)8-3-20)29-12-6-22(18-41(29)43)27-15-25(33)9-13-28(27)40-19-34-37-38-40/h2-13,15-19,30H,14H2,1H3,(H,36,42). The van der Waals surface area contributed by atoms with Crippen molar-refractivity contribution in [3.63, 3.8) is 0 Å². The highest BCUT2D eigenvalue weighted by Crippen LogP contribution is 2.31. The molecule has 0 aliphatic carbocycles. The third-order valence-corrected chi connectivity index (χ3v) is 7.55. The van der Waals surface area contributed by atoms with E-state index in [2.05, 4.69) is 30.7 Å². The number of tetrazole rings is 1. The minimum atomic E-state index is -0.547. The van der Waals surface area contributed by atoms with E-state index in [1.165, 1.54) is 24.3 Å². The van der Waals surface area contributed by atoms with Crippen molar-refractivity contribution >= 4 is 35.0 Å². The van der Waals surface area contributed by atoms with Gasteiger partial charge in [-0.3, -0.25) is 10.00 Å². The molecule has 1 amide bonds. The number of hydrogen-bond donors (Lipinski definition) is 1. The Morgan fingerprint density at radius 2 is 1.73 bits per heavy atom. The van der Waals surface area contributed by atoms with Gasteiger partial charge in [0.05, 0.1) is 19.0 Å². The van der Waals surface area contributed by atoms with Crippen molar-refractivity contribution in [2.45, 2.75) is 12.5 Å². The van der Waals surface area contributed by atoms with Crippen LogP contribution in [0.5, 0.6) is 0 Å². The first-order valence-corrected chi connectivity index (χ1v) is 14.1. The van der Waals surface area contributed by atoms with Crippen molar-refractivity contribution in [1.29, 1.82) is 0 Å². The van der Waals surface area contributed by atoms with Crippen LogP contribution in [-0.2, 0) is 11.2 Å². The van der Waals surface area contributed by atoms with Crippen LogP contribution in [0.4, 0.5) is 10.5 Å². The molecule has 0 aliphatic heterocycles. The van der Waals surface area contributed by atoms with E-state index >= 15 is 0 Å². The van der Waals surface area contributed by atoms with Crippen LogP contribution in [0.15, 0.2) is 104 Å². The predicted octanol–water partition coefficient (Wildman–Crippen LogP) is 6.14. The molecule has 11 nitrogen and oxygen atoms in total. The topological polar surface area (TPSA) is 127 Å². The fraction of sp³-hybridized carbons (Fsp3) is 0.0968. The first kappa shape index (κ1) is 28.8.